The molecule has 0 amide bonds. The summed E-state index contributed by atoms with van der Waals surface area (Å²) in [5.41, 5.74) is 0.210. The largest absolute Gasteiger partial charge is 0.411 e. The Morgan fingerprint density at radius 1 is 1.30 bits per heavy atom. The number of rotatable bonds is 5. The van der Waals surface area contributed by atoms with Crippen molar-refractivity contribution in [2.75, 3.05) is 0 Å². The molecule has 1 heterocycles. The summed E-state index contributed by atoms with van der Waals surface area (Å²) in [6, 6.07) is 1.88. The molecule has 0 aliphatic carbocycles. The molecule has 1 N–H and O–H groups in total. The first-order valence-electron chi connectivity index (χ1n) is 7.25. The van der Waals surface area contributed by atoms with Gasteiger partial charge >= 0.3 is 0 Å². The van der Waals surface area contributed by atoms with Gasteiger partial charge in [0.05, 0.1) is 23.9 Å². The predicted molar refractivity (Wildman–Crippen MR) is 85.2 cm³/mol. The highest BCUT2D eigenvalue weighted by atomic mass is 28.4. The van der Waals surface area contributed by atoms with Crippen molar-refractivity contribution in [2.24, 2.45) is 0 Å². The Kier molecular flexibility index (Phi) is 4.89. The molecular weight excluding hydrogens is 268 g/mol. The zero-order chi connectivity index (χ0) is 15.8. The Morgan fingerprint density at radius 2 is 1.85 bits per heavy atom. The van der Waals surface area contributed by atoms with Gasteiger partial charge < -0.3 is 9.53 Å². The summed E-state index contributed by atoms with van der Waals surface area (Å²) in [7, 11) is -1.77. The summed E-state index contributed by atoms with van der Waals surface area (Å²) in [5, 5.41) is 14.7. The number of hydrogen-bond donors (Lipinski definition) is 1. The molecule has 1 atom stereocenters. The SMILES string of the molecule is CC(n1nccc1CO[Si](C)(C)C(C)(C)C)C(C)(C)O. The van der Waals surface area contributed by atoms with E-state index >= 15 is 0 Å². The van der Waals surface area contributed by atoms with Crippen LogP contribution in [0.25, 0.3) is 0 Å². The van der Waals surface area contributed by atoms with Crippen molar-refractivity contribution in [1.82, 2.24) is 9.78 Å². The van der Waals surface area contributed by atoms with Gasteiger partial charge in [0.25, 0.3) is 0 Å². The van der Waals surface area contributed by atoms with E-state index in [1.54, 1.807) is 20.0 Å². The van der Waals surface area contributed by atoms with Crippen LogP contribution in [0.3, 0.4) is 0 Å². The lowest BCUT2D eigenvalue weighted by molar-refractivity contribution is 0.0234. The minimum Gasteiger partial charge on any atom is -0.411 e. The van der Waals surface area contributed by atoms with Crippen LogP contribution in [0.4, 0.5) is 0 Å². The third-order valence-electron chi connectivity index (χ3n) is 4.53. The maximum absolute atomic E-state index is 10.1. The average Bonchev–Trinajstić information content (AvgIpc) is 2.70. The molecule has 0 spiro atoms. The molecule has 1 aromatic heterocycles. The van der Waals surface area contributed by atoms with Crippen LogP contribution in [0.15, 0.2) is 12.3 Å². The number of hydrogen-bond acceptors (Lipinski definition) is 3. The topological polar surface area (TPSA) is 47.3 Å². The first-order chi connectivity index (χ1) is 8.86. The first kappa shape index (κ1) is 17.4. The summed E-state index contributed by atoms with van der Waals surface area (Å²) < 4.78 is 8.11. The highest BCUT2D eigenvalue weighted by molar-refractivity contribution is 6.74. The van der Waals surface area contributed by atoms with Gasteiger partial charge in [-0.25, -0.2) is 0 Å². The molecule has 1 unspecified atom stereocenters. The van der Waals surface area contributed by atoms with Crippen LogP contribution < -0.4 is 0 Å². The quantitative estimate of drug-likeness (QED) is 0.842. The smallest absolute Gasteiger partial charge is 0.192 e. The second-order valence-electron chi connectivity index (χ2n) is 7.65. The van der Waals surface area contributed by atoms with Crippen LogP contribution in [-0.4, -0.2) is 28.8 Å². The molecule has 0 saturated carbocycles. The third kappa shape index (κ3) is 3.93. The van der Waals surface area contributed by atoms with Gasteiger partial charge in [-0.15, -0.1) is 0 Å². The first-order valence-corrected chi connectivity index (χ1v) is 10.2. The van der Waals surface area contributed by atoms with Crippen LogP contribution in [0, 0.1) is 0 Å². The molecule has 0 aliphatic rings. The van der Waals surface area contributed by atoms with E-state index in [9.17, 15) is 5.11 Å². The fraction of sp³-hybridized carbons (Fsp3) is 0.800. The van der Waals surface area contributed by atoms with Gasteiger partial charge in [-0.05, 0) is 45.0 Å². The Bertz CT molecular complexity index is 441. The van der Waals surface area contributed by atoms with E-state index < -0.39 is 13.9 Å². The van der Waals surface area contributed by atoms with E-state index in [1.807, 2.05) is 17.7 Å². The minimum atomic E-state index is -1.77. The molecule has 116 valence electrons. The van der Waals surface area contributed by atoms with Gasteiger partial charge in [-0.3, -0.25) is 4.68 Å². The van der Waals surface area contributed by atoms with Crippen molar-refractivity contribution in [3.05, 3.63) is 18.0 Å². The molecule has 1 aromatic rings. The van der Waals surface area contributed by atoms with Gasteiger partial charge in [0.15, 0.2) is 8.32 Å². The average molecular weight is 299 g/mol. The fourth-order valence-corrected chi connectivity index (χ4v) is 2.52. The maximum atomic E-state index is 10.1. The van der Waals surface area contributed by atoms with Gasteiger partial charge in [0.2, 0.25) is 0 Å². The molecule has 0 saturated heterocycles. The van der Waals surface area contributed by atoms with Crippen LogP contribution in [0.2, 0.25) is 18.1 Å². The zero-order valence-electron chi connectivity index (χ0n) is 14.2. The molecule has 0 aromatic carbocycles. The Balaban J connectivity index is 2.84. The van der Waals surface area contributed by atoms with Crippen molar-refractivity contribution >= 4 is 8.32 Å². The molecular formula is C15H30N2O2Si. The minimum absolute atomic E-state index is 0.0875. The predicted octanol–water partition coefficient (Wildman–Crippen LogP) is 3.74. The lowest BCUT2D eigenvalue weighted by Gasteiger charge is -2.36. The Morgan fingerprint density at radius 3 is 2.30 bits per heavy atom. The van der Waals surface area contributed by atoms with Crippen molar-refractivity contribution in [3.8, 4) is 0 Å². The number of aliphatic hydroxyl groups is 1. The lowest BCUT2D eigenvalue weighted by Crippen LogP contribution is -2.41. The van der Waals surface area contributed by atoms with E-state index in [0.29, 0.717) is 6.61 Å². The van der Waals surface area contributed by atoms with Crippen molar-refractivity contribution in [1.29, 1.82) is 0 Å². The second kappa shape index (κ2) is 5.62. The zero-order valence-corrected chi connectivity index (χ0v) is 15.2. The monoisotopic (exact) mass is 298 g/mol. The molecule has 0 aliphatic heterocycles. The summed E-state index contributed by atoms with van der Waals surface area (Å²) in [6.45, 7) is 17.3. The fourth-order valence-electron chi connectivity index (χ4n) is 1.57. The molecule has 20 heavy (non-hydrogen) atoms. The van der Waals surface area contributed by atoms with Crippen LogP contribution in [-0.2, 0) is 11.0 Å². The molecule has 1 rings (SSSR count). The lowest BCUT2D eigenvalue weighted by atomic mass is 10.0. The number of nitrogens with zero attached hydrogens (tertiary/aromatic N) is 2. The van der Waals surface area contributed by atoms with E-state index in [1.165, 1.54) is 0 Å². The van der Waals surface area contributed by atoms with Crippen molar-refractivity contribution in [3.63, 3.8) is 0 Å². The van der Waals surface area contributed by atoms with Gasteiger partial charge in [0, 0.05) is 6.20 Å². The van der Waals surface area contributed by atoms with E-state index in [0.717, 1.165) is 5.69 Å². The third-order valence-corrected chi connectivity index (χ3v) is 9.01. The van der Waals surface area contributed by atoms with Crippen LogP contribution in [0.5, 0.6) is 0 Å². The Labute approximate surface area is 124 Å². The summed E-state index contributed by atoms with van der Waals surface area (Å²) in [6.07, 6.45) is 1.77. The van der Waals surface area contributed by atoms with Crippen LogP contribution in [0.1, 0.15) is 53.3 Å². The maximum Gasteiger partial charge on any atom is 0.192 e. The van der Waals surface area contributed by atoms with Crippen molar-refractivity contribution < 1.29 is 9.53 Å². The normalized spacial score (nSPS) is 15.4. The van der Waals surface area contributed by atoms with E-state index in [4.69, 9.17) is 4.43 Å². The highest BCUT2D eigenvalue weighted by Gasteiger charge is 2.37. The summed E-state index contributed by atoms with van der Waals surface area (Å²) in [4.78, 5) is 0. The standard InChI is InChI=1S/C15H30N2O2Si/c1-12(15(5,6)18)17-13(9-10-16-17)11-19-20(7,8)14(2,3)4/h9-10,12,18H,11H2,1-8H3. The summed E-state index contributed by atoms with van der Waals surface area (Å²) >= 11 is 0. The van der Waals surface area contributed by atoms with Gasteiger partial charge in [-0.1, -0.05) is 20.8 Å². The Hall–Kier alpha value is -0.653. The van der Waals surface area contributed by atoms with E-state index in [2.05, 4.69) is 39.0 Å². The molecule has 0 fully saturated rings. The summed E-state index contributed by atoms with van der Waals surface area (Å²) in [5.74, 6) is 0. The molecule has 0 radical (unpaired) electrons. The second-order valence-corrected chi connectivity index (χ2v) is 12.5. The molecule has 5 heteroatoms. The molecule has 0 bridgehead atoms. The van der Waals surface area contributed by atoms with Gasteiger partial charge in [0.1, 0.15) is 0 Å². The van der Waals surface area contributed by atoms with Crippen molar-refractivity contribution in [2.45, 2.75) is 77.9 Å². The molecule has 4 nitrogen and oxygen atoms in total. The van der Waals surface area contributed by atoms with E-state index in [-0.39, 0.29) is 11.1 Å². The highest BCUT2D eigenvalue weighted by Crippen LogP contribution is 2.37. The van der Waals surface area contributed by atoms with Gasteiger partial charge in [-0.2, -0.15) is 5.10 Å². The number of aromatic nitrogens is 2. The van der Waals surface area contributed by atoms with Crippen LogP contribution >= 0.6 is 0 Å².